The zero-order valence-electron chi connectivity index (χ0n) is 20.1. The molecule has 0 bridgehead atoms. The first-order valence-electron chi connectivity index (χ1n) is 12.5. The van der Waals surface area contributed by atoms with E-state index in [-0.39, 0.29) is 12.2 Å². The maximum atomic E-state index is 10.9. The lowest BCUT2D eigenvalue weighted by atomic mass is 9.88. The van der Waals surface area contributed by atoms with E-state index in [4.69, 9.17) is 14.2 Å². The molecule has 34 heavy (non-hydrogen) atoms. The summed E-state index contributed by atoms with van der Waals surface area (Å²) in [5.41, 5.74) is 1.82. The number of hydrogen-bond acceptors (Lipinski definition) is 6. The highest BCUT2D eigenvalue weighted by atomic mass is 32.2. The van der Waals surface area contributed by atoms with Crippen molar-refractivity contribution in [1.82, 2.24) is 0 Å². The molecule has 2 aliphatic rings. The van der Waals surface area contributed by atoms with E-state index in [1.54, 1.807) is 0 Å². The van der Waals surface area contributed by atoms with Crippen molar-refractivity contribution in [3.05, 3.63) is 71.8 Å². The van der Waals surface area contributed by atoms with E-state index in [0.717, 1.165) is 24.8 Å². The van der Waals surface area contributed by atoms with Gasteiger partial charge >= 0.3 is 0 Å². The average Bonchev–Trinajstić information content (AvgIpc) is 2.86. The van der Waals surface area contributed by atoms with Crippen LogP contribution >= 0.6 is 23.5 Å². The van der Waals surface area contributed by atoms with Crippen molar-refractivity contribution in [3.8, 4) is 0 Å². The molecule has 4 atom stereocenters. The van der Waals surface area contributed by atoms with E-state index in [0.29, 0.717) is 30.8 Å². The number of rotatable bonds is 9. The van der Waals surface area contributed by atoms with Gasteiger partial charge in [-0.15, -0.1) is 23.5 Å². The molecule has 4 nitrogen and oxygen atoms in total. The summed E-state index contributed by atoms with van der Waals surface area (Å²) in [7, 11) is 0. The van der Waals surface area contributed by atoms with Crippen LogP contribution < -0.4 is 0 Å². The summed E-state index contributed by atoms with van der Waals surface area (Å²) in [4.78, 5) is 0. The SMILES string of the molecule is C[C@@]1(CC2SCCCS2)O[C@H](COCc2ccccc2)C(O)CCC[C@H]1OCc1ccccc1. The summed E-state index contributed by atoms with van der Waals surface area (Å²) >= 11 is 4.07. The highest BCUT2D eigenvalue weighted by Crippen LogP contribution is 2.41. The van der Waals surface area contributed by atoms with Crippen molar-refractivity contribution in [1.29, 1.82) is 0 Å². The zero-order chi connectivity index (χ0) is 23.6. The number of ether oxygens (including phenoxy) is 3. The molecule has 0 aliphatic carbocycles. The molecule has 2 heterocycles. The minimum Gasteiger partial charge on any atom is -0.390 e. The van der Waals surface area contributed by atoms with Crippen LogP contribution in [0.25, 0.3) is 0 Å². The Hall–Kier alpha value is -1.02. The van der Waals surface area contributed by atoms with Crippen molar-refractivity contribution in [2.24, 2.45) is 0 Å². The minimum atomic E-state index is -0.531. The normalized spacial score (nSPS) is 28.8. The van der Waals surface area contributed by atoms with Gasteiger partial charge in [-0.05, 0) is 61.7 Å². The minimum absolute atomic E-state index is 0.0278. The first kappa shape index (κ1) is 26.1. The highest BCUT2D eigenvalue weighted by Gasteiger charge is 2.43. The summed E-state index contributed by atoms with van der Waals surface area (Å²) in [5.74, 6) is 2.41. The Morgan fingerprint density at radius 1 is 0.912 bits per heavy atom. The highest BCUT2D eigenvalue weighted by molar-refractivity contribution is 8.17. The van der Waals surface area contributed by atoms with E-state index in [2.05, 4.69) is 43.3 Å². The van der Waals surface area contributed by atoms with Crippen LogP contribution in [0.1, 0.15) is 50.2 Å². The lowest BCUT2D eigenvalue weighted by Crippen LogP contribution is -2.52. The molecule has 2 fully saturated rings. The molecule has 2 aromatic rings. The van der Waals surface area contributed by atoms with Crippen LogP contribution in [-0.4, -0.2) is 51.7 Å². The molecule has 2 aromatic carbocycles. The monoisotopic (exact) mass is 502 g/mol. The molecule has 0 radical (unpaired) electrons. The van der Waals surface area contributed by atoms with Crippen LogP contribution in [0.4, 0.5) is 0 Å². The fourth-order valence-electron chi connectivity index (χ4n) is 4.71. The Bertz CT molecular complexity index is 831. The van der Waals surface area contributed by atoms with Crippen molar-refractivity contribution >= 4 is 23.5 Å². The molecule has 0 saturated carbocycles. The zero-order valence-corrected chi connectivity index (χ0v) is 21.8. The molecule has 4 rings (SSSR count). The number of benzene rings is 2. The van der Waals surface area contributed by atoms with Crippen LogP contribution in [0, 0.1) is 0 Å². The Labute approximate surface area is 213 Å². The van der Waals surface area contributed by atoms with Crippen LogP contribution in [0.15, 0.2) is 60.7 Å². The van der Waals surface area contributed by atoms with Gasteiger partial charge in [0.2, 0.25) is 0 Å². The molecular formula is C28H38O4S2. The molecule has 2 saturated heterocycles. The average molecular weight is 503 g/mol. The predicted octanol–water partition coefficient (Wildman–Crippen LogP) is 6.06. The van der Waals surface area contributed by atoms with Gasteiger partial charge in [-0.1, -0.05) is 60.7 Å². The molecule has 2 aliphatic heterocycles. The van der Waals surface area contributed by atoms with Crippen LogP contribution in [0.2, 0.25) is 0 Å². The van der Waals surface area contributed by atoms with Gasteiger partial charge in [-0.2, -0.15) is 0 Å². The third-order valence-corrected chi connectivity index (χ3v) is 9.60. The fourth-order valence-corrected chi connectivity index (χ4v) is 7.90. The van der Waals surface area contributed by atoms with E-state index in [1.807, 2.05) is 47.8 Å². The van der Waals surface area contributed by atoms with Gasteiger partial charge in [0.05, 0.1) is 42.2 Å². The Balaban J connectivity index is 1.46. The second-order valence-electron chi connectivity index (χ2n) is 9.48. The van der Waals surface area contributed by atoms with Gasteiger partial charge < -0.3 is 19.3 Å². The Kier molecular flexibility index (Phi) is 10.2. The first-order valence-corrected chi connectivity index (χ1v) is 14.6. The third kappa shape index (κ3) is 7.74. The van der Waals surface area contributed by atoms with Crippen molar-refractivity contribution in [2.75, 3.05) is 18.1 Å². The number of thioether (sulfide) groups is 2. The van der Waals surface area contributed by atoms with Crippen molar-refractivity contribution in [3.63, 3.8) is 0 Å². The topological polar surface area (TPSA) is 47.9 Å². The molecular weight excluding hydrogens is 464 g/mol. The van der Waals surface area contributed by atoms with Crippen molar-refractivity contribution in [2.45, 2.75) is 80.7 Å². The summed E-state index contributed by atoms with van der Waals surface area (Å²) in [6.45, 7) is 3.67. The first-order chi connectivity index (χ1) is 16.6. The largest absolute Gasteiger partial charge is 0.390 e. The van der Waals surface area contributed by atoms with Gasteiger partial charge in [-0.3, -0.25) is 0 Å². The van der Waals surface area contributed by atoms with E-state index in [1.165, 1.54) is 23.5 Å². The van der Waals surface area contributed by atoms with Crippen LogP contribution in [0.3, 0.4) is 0 Å². The van der Waals surface area contributed by atoms with Gasteiger partial charge in [0, 0.05) is 0 Å². The quantitative estimate of drug-likeness (QED) is 0.450. The number of aliphatic hydroxyl groups excluding tert-OH is 1. The second-order valence-corrected chi connectivity index (χ2v) is 12.4. The smallest absolute Gasteiger partial charge is 0.107 e. The molecule has 1 unspecified atom stereocenters. The Morgan fingerprint density at radius 3 is 2.24 bits per heavy atom. The summed E-state index contributed by atoms with van der Waals surface area (Å²) in [6.07, 6.45) is 3.76. The van der Waals surface area contributed by atoms with E-state index < -0.39 is 11.7 Å². The van der Waals surface area contributed by atoms with E-state index >= 15 is 0 Å². The number of aliphatic hydroxyl groups is 1. The second kappa shape index (κ2) is 13.3. The molecule has 0 spiro atoms. The maximum absolute atomic E-state index is 10.9. The maximum Gasteiger partial charge on any atom is 0.107 e. The Morgan fingerprint density at radius 2 is 1.56 bits per heavy atom. The van der Waals surface area contributed by atoms with Gasteiger partial charge in [-0.25, -0.2) is 0 Å². The molecule has 1 N–H and O–H groups in total. The summed E-state index contributed by atoms with van der Waals surface area (Å²) in [5, 5.41) is 10.9. The van der Waals surface area contributed by atoms with E-state index in [9.17, 15) is 5.11 Å². The molecule has 186 valence electrons. The third-order valence-electron chi connectivity index (χ3n) is 6.65. The molecule has 0 amide bonds. The lowest BCUT2D eigenvalue weighted by Gasteiger charge is -2.45. The fraction of sp³-hybridized carbons (Fsp3) is 0.571. The van der Waals surface area contributed by atoms with Gasteiger partial charge in [0.25, 0.3) is 0 Å². The summed E-state index contributed by atoms with van der Waals surface area (Å²) < 4.78 is 19.9. The van der Waals surface area contributed by atoms with Crippen molar-refractivity contribution < 1.29 is 19.3 Å². The molecule has 6 heteroatoms. The van der Waals surface area contributed by atoms with Gasteiger partial charge in [0.15, 0.2) is 0 Å². The van der Waals surface area contributed by atoms with Crippen LogP contribution in [0.5, 0.6) is 0 Å². The molecule has 0 aromatic heterocycles. The van der Waals surface area contributed by atoms with Gasteiger partial charge in [0.1, 0.15) is 6.10 Å². The summed E-state index contributed by atoms with van der Waals surface area (Å²) in [6, 6.07) is 20.5. The number of hydrogen-bond donors (Lipinski definition) is 1. The predicted molar refractivity (Wildman–Crippen MR) is 142 cm³/mol. The standard InChI is InChI=1S/C28H38O4S2/c1-28(18-27-33-16-9-17-34-27)26(31-20-23-12-6-3-7-13-23)15-8-14-24(29)25(32-28)21-30-19-22-10-4-2-5-11-22/h2-7,10-13,24-27,29H,8-9,14-21H2,1H3/t24?,25-,26-,28+/m1/s1. The van der Waals surface area contributed by atoms with Crippen LogP contribution in [-0.2, 0) is 27.4 Å². The lowest BCUT2D eigenvalue weighted by molar-refractivity contribution is -0.213.